The lowest BCUT2D eigenvalue weighted by atomic mass is 10.0. The number of hydrogen-bond acceptors (Lipinski definition) is 2. The summed E-state index contributed by atoms with van der Waals surface area (Å²) in [6.07, 6.45) is -1.15. The van der Waals surface area contributed by atoms with E-state index < -0.39 is 6.10 Å². The maximum atomic E-state index is 12.7. The summed E-state index contributed by atoms with van der Waals surface area (Å²) in [5.41, 5.74) is 5.20. The van der Waals surface area contributed by atoms with Crippen LogP contribution in [0.4, 0.5) is 0 Å². The van der Waals surface area contributed by atoms with E-state index in [0.29, 0.717) is 11.1 Å². The number of carbonyl (C=O) groups is 1. The molecule has 1 unspecified atom stereocenters. The van der Waals surface area contributed by atoms with Crippen molar-refractivity contribution in [2.24, 2.45) is 0 Å². The van der Waals surface area contributed by atoms with E-state index in [1.54, 1.807) is 0 Å². The molecule has 4 rings (SSSR count). The van der Waals surface area contributed by atoms with Crippen LogP contribution in [0.15, 0.2) is 84.9 Å². The third-order valence-electron chi connectivity index (χ3n) is 4.33. The molecule has 0 heterocycles. The summed E-state index contributed by atoms with van der Waals surface area (Å²) in [5, 5.41) is 10.5. The lowest BCUT2D eigenvalue weighted by Crippen LogP contribution is -2.10. The second-order valence-electron chi connectivity index (χ2n) is 5.94. The number of Topliss-reactive ketones (excluding diaryl/α,β-unsaturated/α-hetero) is 1. The standard InChI is InChI=1S/C22H16O2/c23-21(19-11-15-7-3-1-4-8-16(15)12-19)22(24)20-13-17-9-5-2-6-10-18(17)14-20/h1-14,21,23H. The van der Waals surface area contributed by atoms with Crippen molar-refractivity contribution < 1.29 is 9.90 Å². The van der Waals surface area contributed by atoms with Gasteiger partial charge in [-0.3, -0.25) is 4.79 Å². The van der Waals surface area contributed by atoms with Crippen LogP contribution in [0.1, 0.15) is 22.0 Å². The Morgan fingerprint density at radius 3 is 1.54 bits per heavy atom. The summed E-state index contributed by atoms with van der Waals surface area (Å²) in [6.45, 7) is 0. The van der Waals surface area contributed by atoms with Crippen molar-refractivity contribution >= 4 is 5.78 Å². The zero-order valence-corrected chi connectivity index (χ0v) is 13.0. The number of fused-ring (bicyclic) bond motifs is 2. The van der Waals surface area contributed by atoms with Gasteiger partial charge in [-0.2, -0.15) is 0 Å². The van der Waals surface area contributed by atoms with Crippen LogP contribution in [0, 0.1) is 0 Å². The van der Waals surface area contributed by atoms with Crippen LogP contribution in [-0.4, -0.2) is 10.9 Å². The molecule has 0 fully saturated rings. The molecule has 0 aromatic heterocycles. The molecule has 0 aromatic carbocycles. The molecule has 0 amide bonds. The average molecular weight is 312 g/mol. The van der Waals surface area contributed by atoms with Crippen LogP contribution in [0.2, 0.25) is 0 Å². The van der Waals surface area contributed by atoms with Crippen molar-refractivity contribution in [1.29, 1.82) is 0 Å². The first kappa shape index (κ1) is 14.6. The highest BCUT2D eigenvalue weighted by Gasteiger charge is 2.23. The minimum absolute atomic E-state index is 0.270. The van der Waals surface area contributed by atoms with Crippen LogP contribution >= 0.6 is 0 Å². The molecule has 2 heteroatoms. The lowest BCUT2D eigenvalue weighted by Gasteiger charge is -2.06. The molecular formula is C22H16O2. The molecule has 0 bridgehead atoms. The van der Waals surface area contributed by atoms with E-state index in [4.69, 9.17) is 0 Å². The molecule has 0 saturated heterocycles. The van der Waals surface area contributed by atoms with Gasteiger partial charge in [0.2, 0.25) is 0 Å². The number of hydrogen-bond donors (Lipinski definition) is 1. The second-order valence-corrected chi connectivity index (χ2v) is 5.94. The van der Waals surface area contributed by atoms with Crippen LogP contribution in [0.3, 0.4) is 0 Å². The van der Waals surface area contributed by atoms with E-state index in [-0.39, 0.29) is 5.78 Å². The minimum atomic E-state index is -1.15. The number of rotatable bonds is 3. The van der Waals surface area contributed by atoms with Gasteiger partial charge in [-0.15, -0.1) is 0 Å². The number of aliphatic hydroxyl groups excluding tert-OH is 1. The topological polar surface area (TPSA) is 37.3 Å². The minimum Gasteiger partial charge on any atom is -0.380 e. The van der Waals surface area contributed by atoms with E-state index in [1.165, 1.54) is 0 Å². The van der Waals surface area contributed by atoms with E-state index in [9.17, 15) is 9.90 Å². The normalized spacial score (nSPS) is 12.4. The second kappa shape index (κ2) is 5.91. The number of ketones is 1. The SMILES string of the molecule is O=C(c1cc2cccccc-2c1)C(O)c1cc2cccccc-2c1. The molecule has 0 aliphatic heterocycles. The molecule has 4 aliphatic carbocycles. The van der Waals surface area contributed by atoms with Crippen molar-refractivity contribution in [3.8, 4) is 22.3 Å². The first-order valence-corrected chi connectivity index (χ1v) is 7.92. The Balaban J connectivity index is 1.70. The average Bonchev–Trinajstić information content (AvgIpc) is 3.03. The highest BCUT2D eigenvalue weighted by atomic mass is 16.3. The summed E-state index contributed by atoms with van der Waals surface area (Å²) < 4.78 is 0. The molecule has 0 radical (unpaired) electrons. The first-order valence-electron chi connectivity index (χ1n) is 7.92. The Bertz CT molecular complexity index is 896. The molecule has 24 heavy (non-hydrogen) atoms. The maximum Gasteiger partial charge on any atom is 0.195 e. The Kier molecular flexibility index (Phi) is 3.60. The molecule has 2 nitrogen and oxygen atoms in total. The molecule has 0 aromatic rings. The van der Waals surface area contributed by atoms with Gasteiger partial charge in [-0.1, -0.05) is 60.7 Å². The first-order chi connectivity index (χ1) is 11.7. The van der Waals surface area contributed by atoms with Gasteiger partial charge in [0.15, 0.2) is 5.78 Å². The molecule has 0 spiro atoms. The van der Waals surface area contributed by atoms with Crippen molar-refractivity contribution in [3.63, 3.8) is 0 Å². The largest absolute Gasteiger partial charge is 0.380 e. The summed E-state index contributed by atoms with van der Waals surface area (Å²) >= 11 is 0. The van der Waals surface area contributed by atoms with E-state index in [2.05, 4.69) is 0 Å². The van der Waals surface area contributed by atoms with Crippen molar-refractivity contribution in [1.82, 2.24) is 0 Å². The number of aliphatic hydroxyl groups is 1. The van der Waals surface area contributed by atoms with Gasteiger partial charge < -0.3 is 5.11 Å². The van der Waals surface area contributed by atoms with Crippen LogP contribution in [0.25, 0.3) is 22.3 Å². The fraction of sp³-hybridized carbons (Fsp3) is 0.0455. The van der Waals surface area contributed by atoms with Gasteiger partial charge in [0.1, 0.15) is 6.10 Å². The molecular weight excluding hydrogens is 296 g/mol. The van der Waals surface area contributed by atoms with Crippen molar-refractivity contribution in [2.45, 2.75) is 6.10 Å². The van der Waals surface area contributed by atoms with Crippen molar-refractivity contribution in [3.05, 3.63) is 96.1 Å². The smallest absolute Gasteiger partial charge is 0.195 e. The summed E-state index contributed by atoms with van der Waals surface area (Å²) in [6, 6.07) is 27.0. The fourth-order valence-electron chi connectivity index (χ4n) is 3.06. The highest BCUT2D eigenvalue weighted by molar-refractivity contribution is 6.03. The molecule has 4 aliphatic rings. The summed E-state index contributed by atoms with van der Waals surface area (Å²) in [7, 11) is 0. The monoisotopic (exact) mass is 312 g/mol. The number of carbonyl (C=O) groups excluding carboxylic acids is 1. The van der Waals surface area contributed by atoms with Gasteiger partial charge in [0.25, 0.3) is 0 Å². The Hall–Kier alpha value is -2.97. The Morgan fingerprint density at radius 1 is 0.667 bits per heavy atom. The Morgan fingerprint density at radius 2 is 1.08 bits per heavy atom. The molecule has 116 valence electrons. The maximum absolute atomic E-state index is 12.7. The van der Waals surface area contributed by atoms with Crippen LogP contribution in [0.5, 0.6) is 0 Å². The molecule has 1 atom stereocenters. The van der Waals surface area contributed by atoms with E-state index in [1.807, 2.05) is 84.9 Å². The summed E-state index contributed by atoms with van der Waals surface area (Å²) in [5.74, 6) is -0.270. The zero-order valence-electron chi connectivity index (χ0n) is 13.0. The highest BCUT2D eigenvalue weighted by Crippen LogP contribution is 2.32. The predicted molar refractivity (Wildman–Crippen MR) is 95.4 cm³/mol. The fourth-order valence-corrected chi connectivity index (χ4v) is 3.06. The van der Waals surface area contributed by atoms with E-state index >= 15 is 0 Å². The Labute approximate surface area is 140 Å². The lowest BCUT2D eigenvalue weighted by molar-refractivity contribution is 0.0748. The quantitative estimate of drug-likeness (QED) is 0.551. The summed E-state index contributed by atoms with van der Waals surface area (Å²) in [4.78, 5) is 12.7. The van der Waals surface area contributed by atoms with E-state index in [0.717, 1.165) is 22.3 Å². The van der Waals surface area contributed by atoms with Gasteiger partial charge >= 0.3 is 0 Å². The van der Waals surface area contributed by atoms with Gasteiger partial charge in [-0.05, 0) is 52.1 Å². The van der Waals surface area contributed by atoms with Gasteiger partial charge in [0.05, 0.1) is 0 Å². The van der Waals surface area contributed by atoms with Crippen LogP contribution < -0.4 is 0 Å². The molecule has 0 saturated carbocycles. The third kappa shape index (κ3) is 2.57. The third-order valence-corrected chi connectivity index (χ3v) is 4.33. The molecule has 1 N–H and O–H groups in total. The zero-order chi connectivity index (χ0) is 16.5. The predicted octanol–water partition coefficient (Wildman–Crippen LogP) is 4.81. The van der Waals surface area contributed by atoms with Crippen LogP contribution in [-0.2, 0) is 0 Å². The van der Waals surface area contributed by atoms with Gasteiger partial charge in [-0.25, -0.2) is 0 Å². The van der Waals surface area contributed by atoms with Crippen molar-refractivity contribution in [2.75, 3.05) is 0 Å². The van der Waals surface area contributed by atoms with Gasteiger partial charge in [0, 0.05) is 5.56 Å².